The number of hydrogen-bond acceptors (Lipinski definition) is 5. The van der Waals surface area contributed by atoms with Crippen molar-refractivity contribution in [2.24, 2.45) is 0 Å². The first-order chi connectivity index (χ1) is 16.4. The molecule has 0 bridgehead atoms. The average Bonchev–Trinajstić information content (AvgIpc) is 2.87. The summed E-state index contributed by atoms with van der Waals surface area (Å²) in [5, 5.41) is 5.75. The summed E-state index contributed by atoms with van der Waals surface area (Å²) < 4.78 is 10.5. The van der Waals surface area contributed by atoms with E-state index in [1.165, 1.54) is 7.11 Å². The summed E-state index contributed by atoms with van der Waals surface area (Å²) in [6, 6.07) is 10.1. The number of ether oxygens (including phenoxy) is 2. The highest BCUT2D eigenvalue weighted by Crippen LogP contribution is 2.26. The number of carbonyl (C=O) groups excluding carboxylic acids is 3. The van der Waals surface area contributed by atoms with Gasteiger partial charge in [0, 0.05) is 50.0 Å². The van der Waals surface area contributed by atoms with Crippen molar-refractivity contribution in [2.45, 2.75) is 20.3 Å². The van der Waals surface area contributed by atoms with E-state index in [2.05, 4.69) is 10.6 Å². The molecular formula is C25H32N4O5. The smallest absolute Gasteiger partial charge is 0.321 e. The van der Waals surface area contributed by atoms with Gasteiger partial charge in [-0.1, -0.05) is 13.0 Å². The molecule has 0 aliphatic carbocycles. The number of carbonyl (C=O) groups is 3. The summed E-state index contributed by atoms with van der Waals surface area (Å²) in [6.45, 7) is 6.06. The van der Waals surface area contributed by atoms with Gasteiger partial charge in [0.15, 0.2) is 0 Å². The molecule has 4 amide bonds. The fourth-order valence-corrected chi connectivity index (χ4v) is 3.69. The van der Waals surface area contributed by atoms with Gasteiger partial charge in [-0.25, -0.2) is 4.79 Å². The zero-order valence-electron chi connectivity index (χ0n) is 20.1. The molecule has 0 radical (unpaired) electrons. The third-order valence-corrected chi connectivity index (χ3v) is 5.77. The van der Waals surface area contributed by atoms with Gasteiger partial charge in [-0.2, -0.15) is 0 Å². The Kier molecular flexibility index (Phi) is 8.34. The quantitative estimate of drug-likeness (QED) is 0.650. The maximum atomic E-state index is 13.0. The van der Waals surface area contributed by atoms with Gasteiger partial charge in [-0.15, -0.1) is 0 Å². The molecule has 0 unspecified atom stereocenters. The second kappa shape index (κ2) is 11.4. The summed E-state index contributed by atoms with van der Waals surface area (Å²) in [5.74, 6) is 0.736. The topological polar surface area (TPSA) is 100 Å². The Labute approximate surface area is 200 Å². The fourth-order valence-electron chi connectivity index (χ4n) is 3.69. The third kappa shape index (κ3) is 5.78. The van der Waals surface area contributed by atoms with Crippen molar-refractivity contribution in [1.29, 1.82) is 0 Å². The molecule has 0 atom stereocenters. The van der Waals surface area contributed by atoms with Crippen LogP contribution in [0.2, 0.25) is 0 Å². The molecule has 0 saturated carbocycles. The van der Waals surface area contributed by atoms with Crippen LogP contribution in [-0.2, 0) is 0 Å². The Morgan fingerprint density at radius 2 is 1.65 bits per heavy atom. The van der Waals surface area contributed by atoms with Crippen LogP contribution in [-0.4, -0.2) is 74.6 Å². The minimum atomic E-state index is -0.261. The zero-order valence-corrected chi connectivity index (χ0v) is 20.1. The van der Waals surface area contributed by atoms with Crippen LogP contribution in [0.4, 0.5) is 10.5 Å². The molecule has 1 aliphatic rings. The molecular weight excluding hydrogens is 436 g/mol. The number of anilines is 1. The Hall–Kier alpha value is -3.75. The van der Waals surface area contributed by atoms with Crippen LogP contribution in [0.1, 0.15) is 39.6 Å². The van der Waals surface area contributed by atoms with Crippen molar-refractivity contribution in [3.8, 4) is 11.5 Å². The van der Waals surface area contributed by atoms with E-state index in [0.29, 0.717) is 61.0 Å². The lowest BCUT2D eigenvalue weighted by molar-refractivity contribution is 0.0668. The summed E-state index contributed by atoms with van der Waals surface area (Å²) in [5.41, 5.74) is 2.41. The van der Waals surface area contributed by atoms with Crippen LogP contribution in [0.25, 0.3) is 0 Å². The Morgan fingerprint density at radius 1 is 0.941 bits per heavy atom. The second-order valence-corrected chi connectivity index (χ2v) is 8.06. The molecule has 1 fully saturated rings. The zero-order chi connectivity index (χ0) is 24.7. The fraction of sp³-hybridized carbons (Fsp3) is 0.400. The maximum absolute atomic E-state index is 13.0. The average molecular weight is 469 g/mol. The van der Waals surface area contributed by atoms with Crippen molar-refractivity contribution in [3.63, 3.8) is 0 Å². The van der Waals surface area contributed by atoms with Crippen LogP contribution in [0.15, 0.2) is 36.4 Å². The van der Waals surface area contributed by atoms with E-state index >= 15 is 0 Å². The van der Waals surface area contributed by atoms with E-state index < -0.39 is 0 Å². The lowest BCUT2D eigenvalue weighted by Crippen LogP contribution is -2.51. The number of methoxy groups -OCH3 is 2. The number of hydrogen-bond donors (Lipinski definition) is 2. The molecule has 2 aromatic rings. The van der Waals surface area contributed by atoms with Crippen LogP contribution in [0.3, 0.4) is 0 Å². The van der Waals surface area contributed by atoms with Gasteiger partial charge in [0.2, 0.25) is 0 Å². The van der Waals surface area contributed by atoms with E-state index in [1.807, 2.05) is 19.9 Å². The largest absolute Gasteiger partial charge is 0.497 e. The number of nitrogens with one attached hydrogen (secondary N) is 2. The highest BCUT2D eigenvalue weighted by molar-refractivity contribution is 5.98. The minimum absolute atomic E-state index is 0.152. The number of amides is 4. The summed E-state index contributed by atoms with van der Waals surface area (Å²) >= 11 is 0. The highest BCUT2D eigenvalue weighted by Gasteiger charge is 2.27. The van der Waals surface area contributed by atoms with Crippen molar-refractivity contribution < 1.29 is 23.9 Å². The molecule has 1 heterocycles. The van der Waals surface area contributed by atoms with Crippen molar-refractivity contribution >= 4 is 23.5 Å². The normalized spacial score (nSPS) is 13.3. The lowest BCUT2D eigenvalue weighted by Gasteiger charge is -2.35. The molecule has 1 saturated heterocycles. The van der Waals surface area contributed by atoms with Gasteiger partial charge >= 0.3 is 6.03 Å². The number of rotatable bonds is 7. The predicted octanol–water partition coefficient (Wildman–Crippen LogP) is 3.14. The first-order valence-electron chi connectivity index (χ1n) is 11.3. The number of aryl methyl sites for hydroxylation is 1. The van der Waals surface area contributed by atoms with Gasteiger partial charge < -0.3 is 29.9 Å². The van der Waals surface area contributed by atoms with E-state index in [9.17, 15) is 14.4 Å². The van der Waals surface area contributed by atoms with Crippen molar-refractivity contribution in [3.05, 3.63) is 53.1 Å². The molecule has 0 spiro atoms. The first kappa shape index (κ1) is 24.9. The maximum Gasteiger partial charge on any atom is 0.321 e. The SMILES string of the molecule is CCCNC(=O)c1ccc(C)c(NC(=O)N2CCN(C(=O)c3ccc(OC)cc3OC)CC2)c1. The summed E-state index contributed by atoms with van der Waals surface area (Å²) in [4.78, 5) is 41.5. The third-order valence-electron chi connectivity index (χ3n) is 5.77. The van der Waals surface area contributed by atoms with Gasteiger partial charge in [0.05, 0.1) is 19.8 Å². The Morgan fingerprint density at radius 3 is 2.29 bits per heavy atom. The number of nitrogens with zero attached hydrogens (tertiary/aromatic N) is 2. The summed E-state index contributed by atoms with van der Waals surface area (Å²) in [6.07, 6.45) is 0.848. The lowest BCUT2D eigenvalue weighted by atomic mass is 10.1. The second-order valence-electron chi connectivity index (χ2n) is 8.06. The molecule has 2 aromatic carbocycles. The number of piperazine rings is 1. The minimum Gasteiger partial charge on any atom is -0.497 e. The molecule has 3 rings (SSSR count). The number of benzene rings is 2. The van der Waals surface area contributed by atoms with E-state index in [0.717, 1.165) is 12.0 Å². The highest BCUT2D eigenvalue weighted by atomic mass is 16.5. The summed E-state index contributed by atoms with van der Waals surface area (Å²) in [7, 11) is 3.07. The number of urea groups is 1. The van der Waals surface area contributed by atoms with Crippen LogP contribution in [0.5, 0.6) is 11.5 Å². The Bertz CT molecular complexity index is 1050. The van der Waals surface area contributed by atoms with Gasteiger partial charge in [0.1, 0.15) is 11.5 Å². The Balaban J connectivity index is 1.61. The molecule has 1 aliphatic heterocycles. The first-order valence-corrected chi connectivity index (χ1v) is 11.3. The monoisotopic (exact) mass is 468 g/mol. The standard InChI is InChI=1S/C25H32N4O5/c1-5-10-26-23(30)18-7-6-17(2)21(15-18)27-25(32)29-13-11-28(12-14-29)24(31)20-9-8-19(33-3)16-22(20)34-4/h6-9,15-16H,5,10-14H2,1-4H3,(H,26,30)(H,27,32). The molecule has 34 heavy (non-hydrogen) atoms. The van der Waals surface area contributed by atoms with E-state index in [1.54, 1.807) is 47.2 Å². The van der Waals surface area contributed by atoms with E-state index in [4.69, 9.17) is 9.47 Å². The van der Waals surface area contributed by atoms with E-state index in [-0.39, 0.29) is 17.8 Å². The van der Waals surface area contributed by atoms with Crippen LogP contribution < -0.4 is 20.1 Å². The van der Waals surface area contributed by atoms with Gasteiger partial charge in [0.25, 0.3) is 11.8 Å². The van der Waals surface area contributed by atoms with Crippen LogP contribution in [0, 0.1) is 6.92 Å². The van der Waals surface area contributed by atoms with Crippen LogP contribution >= 0.6 is 0 Å². The molecule has 0 aromatic heterocycles. The van der Waals surface area contributed by atoms with Crippen molar-refractivity contribution in [2.75, 3.05) is 52.3 Å². The van der Waals surface area contributed by atoms with Gasteiger partial charge in [-0.3, -0.25) is 9.59 Å². The molecule has 2 N–H and O–H groups in total. The molecule has 182 valence electrons. The molecule has 9 nitrogen and oxygen atoms in total. The van der Waals surface area contributed by atoms with Gasteiger partial charge in [-0.05, 0) is 43.2 Å². The molecule has 9 heteroatoms. The van der Waals surface area contributed by atoms with Crippen molar-refractivity contribution in [1.82, 2.24) is 15.1 Å². The predicted molar refractivity (Wildman–Crippen MR) is 130 cm³/mol.